The monoisotopic (exact) mass is 289 g/mol. The van der Waals surface area contributed by atoms with Crippen molar-refractivity contribution in [1.82, 2.24) is 5.32 Å². The van der Waals surface area contributed by atoms with Crippen LogP contribution in [0, 0.1) is 0 Å². The largest absolute Gasteiger partial charge is 0.467 e. The molecule has 0 spiro atoms. The first-order valence-corrected chi connectivity index (χ1v) is 6.35. The van der Waals surface area contributed by atoms with Gasteiger partial charge >= 0.3 is 5.97 Å². The number of furan rings is 1. The molecule has 2 N–H and O–H groups in total. The maximum absolute atomic E-state index is 11.7. The normalized spacial score (nSPS) is 10.1. The van der Waals surface area contributed by atoms with Crippen molar-refractivity contribution in [3.63, 3.8) is 0 Å². The molecule has 110 valence electrons. The minimum absolute atomic E-state index is 0.0927. The van der Waals surface area contributed by atoms with E-state index in [1.54, 1.807) is 24.3 Å². The van der Waals surface area contributed by atoms with E-state index in [9.17, 15) is 9.59 Å². The smallest absolute Gasteiger partial charge is 0.338 e. The number of hydrogen-bond acceptors (Lipinski definition) is 5. The minimum atomic E-state index is -0.590. The zero-order valence-electron chi connectivity index (χ0n) is 11.2. The minimum Gasteiger partial charge on any atom is -0.467 e. The molecule has 0 radical (unpaired) electrons. The number of ether oxygens (including phenoxy) is 1. The number of nitrogens with one attached hydrogen (secondary N) is 1. The Labute approximate surface area is 121 Å². The Bertz CT molecular complexity index is 589. The molecule has 1 heterocycles. The standard InChI is InChI=1S/C15H15NO5/c17-9-11-3-5-12(6-4-11)15(19)21-10-14(18)16-8-13-2-1-7-20-13/h1-7,17H,8-10H2,(H,16,18). The molecule has 0 saturated heterocycles. The molecule has 2 aromatic rings. The van der Waals surface area contributed by atoms with Crippen LogP contribution in [0.25, 0.3) is 0 Å². The molecule has 6 heteroatoms. The van der Waals surface area contributed by atoms with Gasteiger partial charge in [-0.2, -0.15) is 0 Å². The van der Waals surface area contributed by atoms with Gasteiger partial charge in [0.05, 0.1) is 25.0 Å². The summed E-state index contributed by atoms with van der Waals surface area (Å²) in [6, 6.07) is 9.76. The number of hydrogen-bond donors (Lipinski definition) is 2. The van der Waals surface area contributed by atoms with Crippen molar-refractivity contribution in [3.05, 3.63) is 59.5 Å². The summed E-state index contributed by atoms with van der Waals surface area (Å²) in [5, 5.41) is 11.5. The van der Waals surface area contributed by atoms with Crippen LogP contribution in [0.1, 0.15) is 21.7 Å². The van der Waals surface area contributed by atoms with E-state index in [0.29, 0.717) is 16.9 Å². The van der Waals surface area contributed by atoms with Gasteiger partial charge in [-0.05, 0) is 29.8 Å². The summed E-state index contributed by atoms with van der Waals surface area (Å²) in [6.45, 7) is -0.208. The van der Waals surface area contributed by atoms with Gasteiger partial charge in [0.25, 0.3) is 5.91 Å². The molecular formula is C15H15NO5. The number of esters is 1. The van der Waals surface area contributed by atoms with Crippen molar-refractivity contribution >= 4 is 11.9 Å². The molecule has 0 aliphatic rings. The first-order valence-electron chi connectivity index (χ1n) is 6.35. The number of amides is 1. The molecule has 1 aromatic carbocycles. The molecule has 0 fully saturated rings. The fourth-order valence-electron chi connectivity index (χ4n) is 1.61. The molecule has 0 aliphatic heterocycles. The molecule has 0 bridgehead atoms. The van der Waals surface area contributed by atoms with Crippen LogP contribution in [0.5, 0.6) is 0 Å². The number of benzene rings is 1. The lowest BCUT2D eigenvalue weighted by molar-refractivity contribution is -0.124. The Kier molecular flexibility index (Phi) is 5.11. The zero-order valence-corrected chi connectivity index (χ0v) is 11.2. The summed E-state index contributed by atoms with van der Waals surface area (Å²) in [6.07, 6.45) is 1.51. The molecule has 1 aromatic heterocycles. The maximum atomic E-state index is 11.7. The van der Waals surface area contributed by atoms with Gasteiger partial charge in [-0.3, -0.25) is 4.79 Å². The van der Waals surface area contributed by atoms with Crippen LogP contribution >= 0.6 is 0 Å². The highest BCUT2D eigenvalue weighted by Gasteiger charge is 2.10. The Hall–Kier alpha value is -2.60. The van der Waals surface area contributed by atoms with Crippen molar-refractivity contribution in [3.8, 4) is 0 Å². The number of rotatable bonds is 6. The zero-order chi connectivity index (χ0) is 15.1. The van der Waals surface area contributed by atoms with Gasteiger partial charge in [0.1, 0.15) is 5.76 Å². The molecule has 1 amide bonds. The van der Waals surface area contributed by atoms with Gasteiger partial charge in [0, 0.05) is 0 Å². The molecule has 0 unspecified atom stereocenters. The summed E-state index contributed by atoms with van der Waals surface area (Å²) in [5.41, 5.74) is 1.02. The SMILES string of the molecule is O=C(COC(=O)c1ccc(CO)cc1)NCc1ccco1. The van der Waals surface area contributed by atoms with Crippen molar-refractivity contribution in [2.45, 2.75) is 13.2 Å². The van der Waals surface area contributed by atoms with E-state index < -0.39 is 11.9 Å². The maximum Gasteiger partial charge on any atom is 0.338 e. The fraction of sp³-hybridized carbons (Fsp3) is 0.200. The lowest BCUT2D eigenvalue weighted by atomic mass is 10.1. The third-order valence-electron chi connectivity index (χ3n) is 2.75. The number of carbonyl (C=O) groups is 2. The van der Waals surface area contributed by atoms with E-state index in [-0.39, 0.29) is 19.8 Å². The van der Waals surface area contributed by atoms with Crippen LogP contribution < -0.4 is 5.32 Å². The van der Waals surface area contributed by atoms with E-state index in [1.165, 1.54) is 18.4 Å². The predicted molar refractivity (Wildman–Crippen MR) is 73.2 cm³/mol. The number of carbonyl (C=O) groups excluding carboxylic acids is 2. The topological polar surface area (TPSA) is 88.8 Å². The predicted octanol–water partition coefficient (Wildman–Crippen LogP) is 1.25. The Balaban J connectivity index is 1.76. The van der Waals surface area contributed by atoms with E-state index >= 15 is 0 Å². The second kappa shape index (κ2) is 7.25. The summed E-state index contributed by atoms with van der Waals surface area (Å²) < 4.78 is 9.95. The van der Waals surface area contributed by atoms with Crippen LogP contribution in [0.2, 0.25) is 0 Å². The van der Waals surface area contributed by atoms with Gasteiger partial charge in [0.15, 0.2) is 6.61 Å². The summed E-state index contributed by atoms with van der Waals surface area (Å²) in [5.74, 6) is -0.381. The van der Waals surface area contributed by atoms with Crippen LogP contribution in [-0.2, 0) is 22.7 Å². The van der Waals surface area contributed by atoms with Gasteiger partial charge < -0.3 is 19.6 Å². The van der Waals surface area contributed by atoms with Crippen molar-refractivity contribution < 1.29 is 23.8 Å². The third kappa shape index (κ3) is 4.47. The molecular weight excluding hydrogens is 274 g/mol. The lowest BCUT2D eigenvalue weighted by Gasteiger charge is -2.06. The second-order valence-electron chi connectivity index (χ2n) is 4.29. The van der Waals surface area contributed by atoms with Gasteiger partial charge in [-0.1, -0.05) is 12.1 Å². The molecule has 0 aliphatic carbocycles. The van der Waals surface area contributed by atoms with Crippen LogP contribution in [0.4, 0.5) is 0 Å². The van der Waals surface area contributed by atoms with E-state index in [4.69, 9.17) is 14.3 Å². The van der Waals surface area contributed by atoms with E-state index in [0.717, 1.165) is 0 Å². The van der Waals surface area contributed by atoms with Crippen molar-refractivity contribution in [2.24, 2.45) is 0 Å². The second-order valence-corrected chi connectivity index (χ2v) is 4.29. The molecule has 0 atom stereocenters. The van der Waals surface area contributed by atoms with E-state index in [1.807, 2.05) is 0 Å². The van der Waals surface area contributed by atoms with Gasteiger partial charge in [-0.15, -0.1) is 0 Å². The van der Waals surface area contributed by atoms with E-state index in [2.05, 4.69) is 5.32 Å². The van der Waals surface area contributed by atoms with Gasteiger partial charge in [-0.25, -0.2) is 4.79 Å². The summed E-state index contributed by atoms with van der Waals surface area (Å²) >= 11 is 0. The lowest BCUT2D eigenvalue weighted by Crippen LogP contribution is -2.28. The van der Waals surface area contributed by atoms with Crippen molar-refractivity contribution in [1.29, 1.82) is 0 Å². The van der Waals surface area contributed by atoms with Gasteiger partial charge in [0.2, 0.25) is 0 Å². The fourth-order valence-corrected chi connectivity index (χ4v) is 1.61. The first-order chi connectivity index (χ1) is 10.2. The highest BCUT2D eigenvalue weighted by atomic mass is 16.5. The average molecular weight is 289 g/mol. The van der Waals surface area contributed by atoms with Crippen molar-refractivity contribution in [2.75, 3.05) is 6.61 Å². The Morgan fingerprint density at radius 1 is 1.19 bits per heavy atom. The number of aliphatic hydroxyl groups excluding tert-OH is 1. The molecule has 21 heavy (non-hydrogen) atoms. The first kappa shape index (κ1) is 14.8. The Morgan fingerprint density at radius 3 is 2.57 bits per heavy atom. The highest BCUT2D eigenvalue weighted by molar-refractivity contribution is 5.91. The molecule has 0 saturated carbocycles. The molecule has 6 nitrogen and oxygen atoms in total. The highest BCUT2D eigenvalue weighted by Crippen LogP contribution is 2.06. The Morgan fingerprint density at radius 2 is 1.95 bits per heavy atom. The average Bonchev–Trinajstić information content (AvgIpc) is 3.04. The number of aliphatic hydroxyl groups is 1. The quantitative estimate of drug-likeness (QED) is 0.781. The third-order valence-corrected chi connectivity index (χ3v) is 2.75. The van der Waals surface area contributed by atoms with Crippen LogP contribution in [0.15, 0.2) is 47.1 Å². The van der Waals surface area contributed by atoms with Crippen LogP contribution in [-0.4, -0.2) is 23.6 Å². The van der Waals surface area contributed by atoms with Crippen LogP contribution in [0.3, 0.4) is 0 Å². The summed E-state index contributed by atoms with van der Waals surface area (Å²) in [7, 11) is 0. The molecule has 2 rings (SSSR count). The summed E-state index contributed by atoms with van der Waals surface area (Å²) in [4.78, 5) is 23.2.